The lowest BCUT2D eigenvalue weighted by atomic mass is 10.0. The Morgan fingerprint density at radius 2 is 2.00 bits per heavy atom. The van der Waals surface area contributed by atoms with E-state index in [1.807, 2.05) is 0 Å². The third-order valence-electron chi connectivity index (χ3n) is 4.92. The van der Waals surface area contributed by atoms with Crippen molar-refractivity contribution in [2.24, 2.45) is 0 Å². The van der Waals surface area contributed by atoms with Crippen LogP contribution in [0.25, 0.3) is 22.2 Å². The van der Waals surface area contributed by atoms with Gasteiger partial charge in [0, 0.05) is 12.1 Å². The molecule has 32 heavy (non-hydrogen) atoms. The van der Waals surface area contributed by atoms with Crippen LogP contribution >= 0.6 is 0 Å². The standard InChI is InChI=1S/C19H18F4N6O3/c1-8-12(19(21,22)23)9(7-10(24)25-8)14-13(20)15-11-16(28-18(27-15)31-2)29(3-5-30)4-6-32-17(11)26-14/h7,30H,3-6H2,1-2H3,(H2,24,25). The number of nitrogens with zero attached hydrogens (tertiary/aromatic N) is 5. The molecule has 13 heteroatoms. The SMILES string of the molecule is COc1nc2c3c(nc(-c4cc(N)nc(C)c4C(F)(F)F)c(F)c3n1)OCCN2CCO. The largest absolute Gasteiger partial charge is 0.475 e. The Bertz CT molecular complexity index is 1200. The van der Waals surface area contributed by atoms with E-state index < -0.39 is 34.5 Å². The van der Waals surface area contributed by atoms with E-state index in [0.29, 0.717) is 0 Å². The summed E-state index contributed by atoms with van der Waals surface area (Å²) in [6, 6.07) is 0.703. The van der Waals surface area contributed by atoms with Crippen molar-refractivity contribution in [2.45, 2.75) is 13.1 Å². The molecule has 0 atom stereocenters. The first-order valence-electron chi connectivity index (χ1n) is 9.44. The van der Waals surface area contributed by atoms with Crippen molar-refractivity contribution in [1.29, 1.82) is 0 Å². The Balaban J connectivity index is 2.09. The molecule has 0 spiro atoms. The van der Waals surface area contributed by atoms with Crippen molar-refractivity contribution in [3.05, 3.63) is 23.1 Å². The van der Waals surface area contributed by atoms with Crippen molar-refractivity contribution >= 4 is 22.5 Å². The predicted molar refractivity (Wildman–Crippen MR) is 106 cm³/mol. The zero-order chi connectivity index (χ0) is 23.2. The molecule has 0 saturated carbocycles. The van der Waals surface area contributed by atoms with Gasteiger partial charge in [0.15, 0.2) is 5.82 Å². The number of nitrogens with two attached hydrogens (primary N) is 1. The maximum Gasteiger partial charge on any atom is 0.418 e. The molecule has 1 aliphatic heterocycles. The van der Waals surface area contributed by atoms with Gasteiger partial charge in [0.25, 0.3) is 0 Å². The number of hydrogen-bond donors (Lipinski definition) is 2. The van der Waals surface area contributed by atoms with E-state index in [4.69, 9.17) is 15.2 Å². The van der Waals surface area contributed by atoms with Gasteiger partial charge in [0.05, 0.1) is 31.5 Å². The number of ether oxygens (including phenoxy) is 2. The number of β-amino-alcohol motifs (C(OH)–C–C–N with tert-alkyl or cyclic N) is 1. The molecule has 0 aromatic carbocycles. The van der Waals surface area contributed by atoms with E-state index >= 15 is 4.39 Å². The van der Waals surface area contributed by atoms with Crippen molar-refractivity contribution < 1.29 is 32.1 Å². The quantitative estimate of drug-likeness (QED) is 0.573. The molecule has 0 bridgehead atoms. The Hall–Kier alpha value is -3.48. The van der Waals surface area contributed by atoms with E-state index in [0.717, 1.165) is 13.0 Å². The number of methoxy groups -OCH3 is 1. The van der Waals surface area contributed by atoms with Gasteiger partial charge in [0.2, 0.25) is 5.88 Å². The molecule has 4 heterocycles. The lowest BCUT2D eigenvalue weighted by Crippen LogP contribution is -2.30. The highest BCUT2D eigenvalue weighted by atomic mass is 19.4. The Morgan fingerprint density at radius 3 is 2.66 bits per heavy atom. The number of halogens is 4. The van der Waals surface area contributed by atoms with Crippen molar-refractivity contribution in [1.82, 2.24) is 19.9 Å². The first-order chi connectivity index (χ1) is 15.2. The number of aliphatic hydroxyl groups is 1. The summed E-state index contributed by atoms with van der Waals surface area (Å²) in [4.78, 5) is 17.6. The van der Waals surface area contributed by atoms with E-state index in [1.165, 1.54) is 7.11 Å². The monoisotopic (exact) mass is 454 g/mol. The molecule has 170 valence electrons. The van der Waals surface area contributed by atoms with Gasteiger partial charge in [-0.05, 0) is 13.0 Å². The molecule has 3 N–H and O–H groups in total. The van der Waals surface area contributed by atoms with Crippen LogP contribution in [0.15, 0.2) is 6.07 Å². The van der Waals surface area contributed by atoms with Gasteiger partial charge in [-0.1, -0.05) is 0 Å². The molecule has 0 aliphatic carbocycles. The van der Waals surface area contributed by atoms with Crippen molar-refractivity contribution in [3.63, 3.8) is 0 Å². The minimum absolute atomic E-state index is 0.0605. The van der Waals surface area contributed by atoms with E-state index in [9.17, 15) is 18.3 Å². The lowest BCUT2D eigenvalue weighted by Gasteiger charge is -2.21. The van der Waals surface area contributed by atoms with Gasteiger partial charge in [-0.2, -0.15) is 23.1 Å². The van der Waals surface area contributed by atoms with E-state index in [2.05, 4.69) is 19.9 Å². The second kappa shape index (κ2) is 7.89. The number of anilines is 2. The summed E-state index contributed by atoms with van der Waals surface area (Å²) in [5, 5.41) is 9.44. The third kappa shape index (κ3) is 3.57. The Kier molecular flexibility index (Phi) is 5.36. The topological polar surface area (TPSA) is 120 Å². The van der Waals surface area contributed by atoms with Gasteiger partial charge in [0.1, 0.15) is 34.8 Å². The van der Waals surface area contributed by atoms with Crippen LogP contribution in [0.5, 0.6) is 11.9 Å². The zero-order valence-corrected chi connectivity index (χ0v) is 17.0. The maximum absolute atomic E-state index is 15.7. The fourth-order valence-electron chi connectivity index (χ4n) is 3.64. The summed E-state index contributed by atoms with van der Waals surface area (Å²) < 4.78 is 67.8. The number of hydrogen-bond acceptors (Lipinski definition) is 9. The van der Waals surface area contributed by atoms with Crippen LogP contribution in [0.1, 0.15) is 11.3 Å². The van der Waals surface area contributed by atoms with Crippen LogP contribution in [0.2, 0.25) is 0 Å². The highest BCUT2D eigenvalue weighted by Gasteiger charge is 2.38. The van der Waals surface area contributed by atoms with Gasteiger partial charge in [-0.3, -0.25) is 0 Å². The van der Waals surface area contributed by atoms with Crippen molar-refractivity contribution in [3.8, 4) is 23.1 Å². The smallest absolute Gasteiger partial charge is 0.418 e. The molecular formula is C19H18F4N6O3. The first kappa shape index (κ1) is 21.7. The fourth-order valence-corrected chi connectivity index (χ4v) is 3.64. The zero-order valence-electron chi connectivity index (χ0n) is 17.0. The molecule has 1 aliphatic rings. The van der Waals surface area contributed by atoms with Gasteiger partial charge in [-0.15, -0.1) is 0 Å². The van der Waals surface area contributed by atoms with Crippen LogP contribution in [0.4, 0.5) is 29.2 Å². The van der Waals surface area contributed by atoms with Gasteiger partial charge >= 0.3 is 12.2 Å². The predicted octanol–water partition coefficient (Wildman–Crippen LogP) is 2.34. The molecular weight excluding hydrogens is 436 g/mol. The number of pyridine rings is 2. The highest BCUT2D eigenvalue weighted by molar-refractivity contribution is 5.97. The van der Waals surface area contributed by atoms with Crippen LogP contribution < -0.4 is 20.1 Å². The lowest BCUT2D eigenvalue weighted by molar-refractivity contribution is -0.137. The summed E-state index contributed by atoms with van der Waals surface area (Å²) in [6.07, 6.45) is -4.84. The number of aliphatic hydroxyl groups excluding tert-OH is 1. The number of nitrogen functional groups attached to an aromatic ring is 1. The molecule has 9 nitrogen and oxygen atoms in total. The molecule has 3 aromatic rings. The van der Waals surface area contributed by atoms with Crippen LogP contribution in [-0.4, -0.2) is 58.5 Å². The number of rotatable bonds is 4. The molecule has 0 saturated heterocycles. The Morgan fingerprint density at radius 1 is 1.25 bits per heavy atom. The molecule has 0 radical (unpaired) electrons. The highest BCUT2D eigenvalue weighted by Crippen LogP contribution is 2.43. The first-order valence-corrected chi connectivity index (χ1v) is 9.44. The van der Waals surface area contributed by atoms with Crippen LogP contribution in [-0.2, 0) is 6.18 Å². The molecule has 4 rings (SSSR count). The second-order valence-electron chi connectivity index (χ2n) is 6.95. The summed E-state index contributed by atoms with van der Waals surface area (Å²) in [7, 11) is 1.27. The summed E-state index contributed by atoms with van der Waals surface area (Å²) in [6.45, 7) is 1.39. The molecule has 0 fully saturated rings. The minimum Gasteiger partial charge on any atom is -0.475 e. The molecule has 0 amide bonds. The van der Waals surface area contributed by atoms with E-state index in [1.54, 1.807) is 4.90 Å². The van der Waals surface area contributed by atoms with Crippen molar-refractivity contribution in [2.75, 3.05) is 44.0 Å². The van der Waals surface area contributed by atoms with Crippen LogP contribution in [0, 0.1) is 12.7 Å². The summed E-state index contributed by atoms with van der Waals surface area (Å²) >= 11 is 0. The average molecular weight is 454 g/mol. The molecule has 3 aromatic heterocycles. The summed E-state index contributed by atoms with van der Waals surface area (Å²) in [5.74, 6) is -1.31. The van der Waals surface area contributed by atoms with Gasteiger partial charge < -0.3 is 25.2 Å². The minimum atomic E-state index is -4.84. The number of aryl methyl sites for hydroxylation is 1. The summed E-state index contributed by atoms with van der Waals surface area (Å²) in [5.41, 5.74) is 2.52. The van der Waals surface area contributed by atoms with Crippen LogP contribution in [0.3, 0.4) is 0 Å². The maximum atomic E-state index is 15.7. The second-order valence-corrected chi connectivity index (χ2v) is 6.95. The number of alkyl halides is 3. The number of aromatic nitrogens is 4. The normalized spacial score (nSPS) is 13.8. The molecule has 0 unspecified atom stereocenters. The fraction of sp³-hybridized carbons (Fsp3) is 0.368. The average Bonchev–Trinajstić information content (AvgIpc) is 2.88. The third-order valence-corrected chi connectivity index (χ3v) is 4.92. The van der Waals surface area contributed by atoms with Gasteiger partial charge in [-0.25, -0.2) is 14.4 Å². The Labute approximate surface area is 178 Å². The van der Waals surface area contributed by atoms with E-state index in [-0.39, 0.29) is 60.7 Å².